The van der Waals surface area contributed by atoms with Gasteiger partial charge in [-0.15, -0.1) is 12.1 Å². The molecule has 54 valence electrons. The van der Waals surface area contributed by atoms with E-state index in [2.05, 4.69) is 0 Å². The summed E-state index contributed by atoms with van der Waals surface area (Å²) < 4.78 is 34.0. The fourth-order valence-corrected chi connectivity index (χ4v) is 0.610. The van der Waals surface area contributed by atoms with Gasteiger partial charge in [-0.1, -0.05) is 0 Å². The molecule has 0 heterocycles. The van der Waals surface area contributed by atoms with Crippen LogP contribution in [-0.2, 0) is 0 Å². The van der Waals surface area contributed by atoms with Crippen molar-refractivity contribution in [3.63, 3.8) is 0 Å². The van der Waals surface area contributed by atoms with Crippen LogP contribution in [0.25, 0.3) is 0 Å². The minimum absolute atomic E-state index is 0. The van der Waals surface area contributed by atoms with Gasteiger partial charge in [-0.05, 0) is 6.26 Å². The standard InChI is InChI=1S/C4H7BF3S.K/c1-9-4-2-3-5(6,7)8;/h2-3H,4H2,1H3;/q-1;+1/b3-2+;. The molecule has 0 radical (unpaired) electrons. The van der Waals surface area contributed by atoms with Crippen LogP contribution in [0.1, 0.15) is 0 Å². The zero-order chi connectivity index (χ0) is 7.33. The molecule has 0 N–H and O–H groups in total. The minimum atomic E-state index is -4.70. The first-order chi connectivity index (χ1) is 4.06. The van der Waals surface area contributed by atoms with Crippen LogP contribution in [0.15, 0.2) is 12.1 Å². The van der Waals surface area contributed by atoms with Gasteiger partial charge in [-0.3, -0.25) is 0 Å². The Kier molecular flexibility index (Phi) is 10.2. The molecule has 0 saturated heterocycles. The van der Waals surface area contributed by atoms with Gasteiger partial charge in [-0.2, -0.15) is 11.8 Å². The summed E-state index contributed by atoms with van der Waals surface area (Å²) in [6.07, 6.45) is 2.89. The first-order valence-electron chi connectivity index (χ1n) is 2.43. The van der Waals surface area contributed by atoms with E-state index in [4.69, 9.17) is 0 Å². The van der Waals surface area contributed by atoms with Crippen LogP contribution in [0.5, 0.6) is 0 Å². The summed E-state index contributed by atoms with van der Waals surface area (Å²) in [7, 11) is 0. The Morgan fingerprint density at radius 2 is 1.90 bits per heavy atom. The van der Waals surface area contributed by atoms with Crippen LogP contribution in [0, 0.1) is 0 Å². The molecule has 0 amide bonds. The number of rotatable bonds is 3. The summed E-state index contributed by atoms with van der Waals surface area (Å²) in [5.74, 6) is 0.748. The van der Waals surface area contributed by atoms with Crippen molar-refractivity contribution in [2.24, 2.45) is 0 Å². The zero-order valence-electron chi connectivity index (χ0n) is 5.98. The Morgan fingerprint density at radius 3 is 2.20 bits per heavy atom. The molecule has 0 aliphatic heterocycles. The maximum absolute atomic E-state index is 11.3. The van der Waals surface area contributed by atoms with E-state index in [1.54, 1.807) is 6.26 Å². The largest absolute Gasteiger partial charge is 1.00 e. The van der Waals surface area contributed by atoms with Crippen LogP contribution in [-0.4, -0.2) is 19.0 Å². The molecule has 0 saturated carbocycles. The Morgan fingerprint density at radius 1 is 1.40 bits per heavy atom. The van der Waals surface area contributed by atoms with Crippen LogP contribution in [0.2, 0.25) is 0 Å². The molecule has 0 aromatic heterocycles. The second-order valence-electron chi connectivity index (χ2n) is 1.51. The predicted octanol–water partition coefficient (Wildman–Crippen LogP) is -0.704. The molecule has 6 heteroatoms. The molecule has 0 atom stereocenters. The van der Waals surface area contributed by atoms with Crippen molar-refractivity contribution in [1.82, 2.24) is 0 Å². The second kappa shape index (κ2) is 7.24. The Balaban J connectivity index is 0. The van der Waals surface area contributed by atoms with E-state index < -0.39 is 6.98 Å². The normalized spacial score (nSPS) is 11.6. The topological polar surface area (TPSA) is 0 Å². The Hall–Kier alpha value is 1.58. The van der Waals surface area contributed by atoms with Gasteiger partial charge in [0.1, 0.15) is 0 Å². The molecule has 0 aromatic rings. The maximum atomic E-state index is 11.3. The van der Waals surface area contributed by atoms with E-state index in [0.717, 1.165) is 6.08 Å². The molecular weight excluding hydrogens is 187 g/mol. The number of thioether (sulfide) groups is 1. The molecule has 0 unspecified atom stereocenters. The van der Waals surface area contributed by atoms with Gasteiger partial charge in [0, 0.05) is 5.75 Å². The molecular formula is C4H7BF3KS. The molecule has 0 bridgehead atoms. The first kappa shape index (κ1) is 14.1. The quantitative estimate of drug-likeness (QED) is 0.535. The van der Waals surface area contributed by atoms with E-state index >= 15 is 0 Å². The average Bonchev–Trinajstić information content (AvgIpc) is 1.63. The van der Waals surface area contributed by atoms with Crippen molar-refractivity contribution in [2.45, 2.75) is 0 Å². The van der Waals surface area contributed by atoms with E-state index in [0.29, 0.717) is 11.7 Å². The van der Waals surface area contributed by atoms with Crippen molar-refractivity contribution >= 4 is 18.7 Å². The molecule has 0 fully saturated rings. The van der Waals surface area contributed by atoms with Crippen molar-refractivity contribution < 1.29 is 64.3 Å². The molecule has 10 heavy (non-hydrogen) atoms. The Bertz CT molecular complexity index is 103. The second-order valence-corrected chi connectivity index (χ2v) is 2.42. The van der Waals surface area contributed by atoms with E-state index in [-0.39, 0.29) is 51.4 Å². The molecule has 0 rings (SSSR count). The van der Waals surface area contributed by atoms with Gasteiger partial charge in [0.25, 0.3) is 0 Å². The fraction of sp³-hybridized carbons (Fsp3) is 0.500. The SMILES string of the molecule is CSC/C=C/[B-](F)(F)F.[K+]. The van der Waals surface area contributed by atoms with Crippen LogP contribution in [0.3, 0.4) is 0 Å². The van der Waals surface area contributed by atoms with Gasteiger partial charge in [0.2, 0.25) is 0 Å². The van der Waals surface area contributed by atoms with Crippen LogP contribution >= 0.6 is 11.8 Å². The monoisotopic (exact) mass is 194 g/mol. The summed E-state index contributed by atoms with van der Waals surface area (Å²) in [5, 5.41) is 0. The molecule has 0 aliphatic carbocycles. The van der Waals surface area contributed by atoms with Gasteiger partial charge in [-0.25, -0.2) is 0 Å². The van der Waals surface area contributed by atoms with Gasteiger partial charge < -0.3 is 12.9 Å². The van der Waals surface area contributed by atoms with Crippen molar-refractivity contribution in [3.05, 3.63) is 12.1 Å². The maximum Gasteiger partial charge on any atom is 1.00 e. The van der Waals surface area contributed by atoms with E-state index in [9.17, 15) is 12.9 Å². The smallest absolute Gasteiger partial charge is 0.445 e. The Labute approximate surface area is 105 Å². The van der Waals surface area contributed by atoms with Crippen molar-refractivity contribution in [3.8, 4) is 0 Å². The zero-order valence-corrected chi connectivity index (χ0v) is 9.92. The number of hydrogen-bond acceptors (Lipinski definition) is 1. The van der Waals surface area contributed by atoms with Gasteiger partial charge >= 0.3 is 58.4 Å². The summed E-state index contributed by atoms with van der Waals surface area (Å²) in [4.78, 5) is 0. The molecule has 0 spiro atoms. The van der Waals surface area contributed by atoms with Gasteiger partial charge in [0.05, 0.1) is 0 Å². The van der Waals surface area contributed by atoms with Crippen molar-refractivity contribution in [2.75, 3.05) is 12.0 Å². The van der Waals surface area contributed by atoms with E-state index in [1.807, 2.05) is 0 Å². The third kappa shape index (κ3) is 12.3. The summed E-state index contributed by atoms with van der Waals surface area (Å²) in [6.45, 7) is -4.70. The summed E-state index contributed by atoms with van der Waals surface area (Å²) in [5.41, 5.74) is 0. The van der Waals surface area contributed by atoms with Gasteiger partial charge in [0.15, 0.2) is 0 Å². The molecule has 0 nitrogen and oxygen atoms in total. The van der Waals surface area contributed by atoms with Crippen LogP contribution < -0.4 is 51.4 Å². The predicted molar refractivity (Wildman–Crippen MR) is 36.6 cm³/mol. The third-order valence-electron chi connectivity index (χ3n) is 0.617. The van der Waals surface area contributed by atoms with Crippen molar-refractivity contribution in [1.29, 1.82) is 0 Å². The first-order valence-corrected chi connectivity index (χ1v) is 3.82. The third-order valence-corrected chi connectivity index (χ3v) is 1.14. The number of hydrogen-bond donors (Lipinski definition) is 0. The molecule has 0 aromatic carbocycles. The fourth-order valence-electron chi connectivity index (χ4n) is 0.306. The minimum Gasteiger partial charge on any atom is -0.445 e. The average molecular weight is 194 g/mol. The summed E-state index contributed by atoms with van der Waals surface area (Å²) in [6, 6.07) is 0. The van der Waals surface area contributed by atoms with Crippen LogP contribution in [0.4, 0.5) is 12.9 Å². The van der Waals surface area contributed by atoms with E-state index in [1.165, 1.54) is 11.8 Å². The molecule has 0 aliphatic rings. The summed E-state index contributed by atoms with van der Waals surface area (Å²) >= 11 is 1.37. The number of halogens is 3.